The normalized spacial score (nSPS) is 15.0. The zero-order valence-electron chi connectivity index (χ0n) is 15.1. The highest BCUT2D eigenvalue weighted by Crippen LogP contribution is 2.29. The number of rotatable bonds is 4. The summed E-state index contributed by atoms with van der Waals surface area (Å²) in [6.45, 7) is -0.163. The number of para-hydroxylation sites is 2. The molecule has 0 bridgehead atoms. The number of hydrogen-bond donors (Lipinski definition) is 1. The van der Waals surface area contributed by atoms with Crippen LogP contribution in [0.5, 0.6) is 0 Å². The first kappa shape index (κ1) is 18.4. The Morgan fingerprint density at radius 3 is 2.21 bits per heavy atom. The van der Waals surface area contributed by atoms with Crippen LogP contribution in [0.15, 0.2) is 48.5 Å². The number of nitrogens with zero attached hydrogens (tertiary/aromatic N) is 2. The Kier molecular flexibility index (Phi) is 4.55. The summed E-state index contributed by atoms with van der Waals surface area (Å²) in [4.78, 5) is 67.1. The summed E-state index contributed by atoms with van der Waals surface area (Å²) in [5.74, 6) is -3.15. The fraction of sp³-hybridized carbons (Fsp3) is 0.150. The van der Waals surface area contributed by atoms with E-state index in [9.17, 15) is 24.0 Å². The van der Waals surface area contributed by atoms with E-state index in [2.05, 4.69) is 5.32 Å². The Hall–Kier alpha value is -4.01. The molecule has 0 fully saturated rings. The molecular weight excluding hydrogens is 378 g/mol. The van der Waals surface area contributed by atoms with Crippen molar-refractivity contribution in [2.45, 2.75) is 12.8 Å². The second kappa shape index (κ2) is 7.19. The Bertz CT molecular complexity index is 1030. The van der Waals surface area contributed by atoms with E-state index in [0.29, 0.717) is 16.4 Å². The number of imide groups is 1. The molecular formula is C20H15N3O6. The van der Waals surface area contributed by atoms with E-state index >= 15 is 0 Å². The van der Waals surface area contributed by atoms with Crippen LogP contribution in [-0.2, 0) is 19.2 Å². The molecule has 4 amide bonds. The minimum absolute atomic E-state index is 0.150. The molecule has 2 aliphatic rings. The third kappa shape index (κ3) is 3.33. The number of hydroxylamine groups is 2. The zero-order chi connectivity index (χ0) is 20.5. The minimum Gasteiger partial charge on any atom is -0.330 e. The van der Waals surface area contributed by atoms with Crippen molar-refractivity contribution >= 4 is 41.0 Å². The van der Waals surface area contributed by atoms with E-state index < -0.39 is 23.7 Å². The summed E-state index contributed by atoms with van der Waals surface area (Å²) in [7, 11) is 0. The van der Waals surface area contributed by atoms with Gasteiger partial charge in [0.1, 0.15) is 6.54 Å². The Morgan fingerprint density at radius 1 is 0.897 bits per heavy atom. The summed E-state index contributed by atoms with van der Waals surface area (Å²) < 4.78 is 0. The van der Waals surface area contributed by atoms with E-state index in [4.69, 9.17) is 4.84 Å². The largest absolute Gasteiger partial charge is 0.333 e. The van der Waals surface area contributed by atoms with Gasteiger partial charge in [0.05, 0.1) is 28.9 Å². The van der Waals surface area contributed by atoms with E-state index in [1.807, 2.05) is 0 Å². The lowest BCUT2D eigenvalue weighted by molar-refractivity contribution is -0.169. The predicted molar refractivity (Wildman–Crippen MR) is 99.7 cm³/mol. The first-order chi connectivity index (χ1) is 14.0. The fourth-order valence-corrected chi connectivity index (χ4v) is 3.20. The van der Waals surface area contributed by atoms with Crippen molar-refractivity contribution in [3.05, 3.63) is 59.7 Å². The van der Waals surface area contributed by atoms with Gasteiger partial charge in [0.15, 0.2) is 0 Å². The van der Waals surface area contributed by atoms with Gasteiger partial charge in [-0.25, -0.2) is 4.79 Å². The van der Waals surface area contributed by atoms with E-state index in [1.54, 1.807) is 36.4 Å². The van der Waals surface area contributed by atoms with Gasteiger partial charge in [0, 0.05) is 6.42 Å². The second-order valence-corrected chi connectivity index (χ2v) is 6.46. The van der Waals surface area contributed by atoms with Gasteiger partial charge in [-0.05, 0) is 24.3 Å². The van der Waals surface area contributed by atoms with Gasteiger partial charge in [0.2, 0.25) is 11.8 Å². The first-order valence-electron chi connectivity index (χ1n) is 8.83. The summed E-state index contributed by atoms with van der Waals surface area (Å²) >= 11 is 0. The molecule has 1 N–H and O–H groups in total. The van der Waals surface area contributed by atoms with Gasteiger partial charge in [0.25, 0.3) is 11.8 Å². The first-order valence-corrected chi connectivity index (χ1v) is 8.83. The van der Waals surface area contributed by atoms with Gasteiger partial charge >= 0.3 is 5.97 Å². The number of hydrogen-bond acceptors (Lipinski definition) is 6. The van der Waals surface area contributed by atoms with Crippen molar-refractivity contribution in [3.63, 3.8) is 0 Å². The quantitative estimate of drug-likeness (QED) is 0.788. The monoisotopic (exact) mass is 393 g/mol. The van der Waals surface area contributed by atoms with Gasteiger partial charge in [-0.15, -0.1) is 0 Å². The van der Waals surface area contributed by atoms with Gasteiger partial charge < -0.3 is 15.1 Å². The van der Waals surface area contributed by atoms with Crippen LogP contribution >= 0.6 is 0 Å². The molecule has 0 spiro atoms. The van der Waals surface area contributed by atoms with Crippen molar-refractivity contribution in [2.24, 2.45) is 0 Å². The zero-order valence-corrected chi connectivity index (χ0v) is 15.1. The van der Waals surface area contributed by atoms with Crippen LogP contribution in [0, 0.1) is 0 Å². The molecule has 2 aromatic carbocycles. The highest BCUT2D eigenvalue weighted by atomic mass is 16.7. The summed E-state index contributed by atoms with van der Waals surface area (Å²) in [6, 6.07) is 12.9. The van der Waals surface area contributed by atoms with Crippen LogP contribution in [0.4, 0.5) is 11.4 Å². The standard InChI is InChI=1S/C20H15N3O6/c24-16-11-22(15-8-4-3-7-14(15)21-16)17(25)9-10-18(26)29-23-19(27)12-5-1-2-6-13(12)20(23)28/h1-8H,9-11H2,(H,21,24). The molecule has 0 unspecified atom stereocenters. The predicted octanol–water partition coefficient (Wildman–Crippen LogP) is 1.51. The van der Waals surface area contributed by atoms with Crippen molar-refractivity contribution in [1.29, 1.82) is 0 Å². The number of fused-ring (bicyclic) bond motifs is 2. The Labute approximate surface area is 164 Å². The van der Waals surface area contributed by atoms with Crippen molar-refractivity contribution in [1.82, 2.24) is 5.06 Å². The van der Waals surface area contributed by atoms with Crippen LogP contribution < -0.4 is 10.2 Å². The summed E-state index contributed by atoms with van der Waals surface area (Å²) in [5.41, 5.74) is 1.34. The number of carbonyl (C=O) groups is 5. The average molecular weight is 393 g/mol. The lowest BCUT2D eigenvalue weighted by Crippen LogP contribution is -2.42. The van der Waals surface area contributed by atoms with Gasteiger partial charge in [-0.3, -0.25) is 19.2 Å². The molecule has 4 rings (SSSR count). The van der Waals surface area contributed by atoms with Crippen LogP contribution in [0.3, 0.4) is 0 Å². The molecule has 2 aliphatic heterocycles. The van der Waals surface area contributed by atoms with Crippen molar-refractivity contribution in [2.75, 3.05) is 16.8 Å². The maximum Gasteiger partial charge on any atom is 0.333 e. The number of nitrogens with one attached hydrogen (secondary N) is 1. The lowest BCUT2D eigenvalue weighted by Gasteiger charge is -2.29. The minimum atomic E-state index is -0.900. The number of benzene rings is 2. The topological polar surface area (TPSA) is 113 Å². The van der Waals surface area contributed by atoms with Gasteiger partial charge in [-0.1, -0.05) is 29.3 Å². The molecule has 29 heavy (non-hydrogen) atoms. The molecule has 9 nitrogen and oxygen atoms in total. The number of amides is 4. The van der Waals surface area contributed by atoms with Crippen LogP contribution in [-0.4, -0.2) is 41.2 Å². The van der Waals surface area contributed by atoms with Gasteiger partial charge in [-0.2, -0.15) is 0 Å². The Morgan fingerprint density at radius 2 is 1.52 bits per heavy atom. The molecule has 0 atom stereocenters. The molecule has 0 saturated carbocycles. The smallest absolute Gasteiger partial charge is 0.330 e. The molecule has 2 heterocycles. The van der Waals surface area contributed by atoms with E-state index in [1.165, 1.54) is 17.0 Å². The summed E-state index contributed by atoms with van der Waals surface area (Å²) in [5, 5.41) is 3.07. The molecule has 146 valence electrons. The molecule has 0 saturated heterocycles. The van der Waals surface area contributed by atoms with E-state index in [0.717, 1.165) is 0 Å². The maximum absolute atomic E-state index is 12.5. The third-order valence-corrected chi connectivity index (χ3v) is 4.56. The molecule has 9 heteroatoms. The average Bonchev–Trinajstić information content (AvgIpc) is 2.96. The number of anilines is 2. The summed E-state index contributed by atoms with van der Waals surface area (Å²) in [6.07, 6.45) is -0.601. The number of carbonyl (C=O) groups excluding carboxylic acids is 5. The second-order valence-electron chi connectivity index (χ2n) is 6.46. The maximum atomic E-state index is 12.5. The van der Waals surface area contributed by atoms with Crippen molar-refractivity contribution < 1.29 is 28.8 Å². The van der Waals surface area contributed by atoms with E-state index in [-0.39, 0.29) is 36.4 Å². The Balaban J connectivity index is 1.38. The third-order valence-electron chi connectivity index (χ3n) is 4.56. The highest BCUT2D eigenvalue weighted by Gasteiger charge is 2.38. The lowest BCUT2D eigenvalue weighted by atomic mass is 10.1. The van der Waals surface area contributed by atoms with Crippen LogP contribution in [0.2, 0.25) is 0 Å². The SMILES string of the molecule is O=C1CN(C(=O)CCC(=O)ON2C(=O)c3ccccc3C2=O)c2ccccc2N1. The fourth-order valence-electron chi connectivity index (χ4n) is 3.20. The van der Waals surface area contributed by atoms with Crippen molar-refractivity contribution in [3.8, 4) is 0 Å². The molecule has 0 aromatic heterocycles. The molecule has 0 aliphatic carbocycles. The highest BCUT2D eigenvalue weighted by molar-refractivity contribution is 6.21. The van der Waals surface area contributed by atoms with Crippen LogP contribution in [0.25, 0.3) is 0 Å². The van der Waals surface area contributed by atoms with Crippen LogP contribution in [0.1, 0.15) is 33.6 Å². The molecule has 2 aromatic rings. The molecule has 0 radical (unpaired) electrons.